The van der Waals surface area contributed by atoms with E-state index >= 15 is 0 Å². The third-order valence-corrected chi connectivity index (χ3v) is 2.12. The first-order chi connectivity index (χ1) is 10.1. The molecule has 0 saturated carbocycles. The zero-order chi connectivity index (χ0) is 17.3. The topological polar surface area (TPSA) is 127 Å². The molecule has 0 heterocycles. The van der Waals surface area contributed by atoms with E-state index in [1.165, 1.54) is 13.0 Å². The number of rotatable bonds is 9. The Morgan fingerprint density at radius 3 is 1.91 bits per heavy atom. The van der Waals surface area contributed by atoms with Gasteiger partial charge in [0, 0.05) is 11.1 Å². The molecule has 8 nitrogen and oxygen atoms in total. The Bertz CT molecular complexity index is 529. The van der Waals surface area contributed by atoms with Crippen LogP contribution in [0.15, 0.2) is 36.6 Å². The minimum Gasteiger partial charge on any atom is -0.481 e. The second-order valence-electron chi connectivity index (χ2n) is 4.19. The average Bonchev–Trinajstić information content (AvgIpc) is 2.36. The predicted octanol–water partition coefficient (Wildman–Crippen LogP) is 1.04. The summed E-state index contributed by atoms with van der Waals surface area (Å²) in [4.78, 5) is 43.5. The van der Waals surface area contributed by atoms with Crippen molar-refractivity contribution < 1.29 is 38.9 Å². The summed E-state index contributed by atoms with van der Waals surface area (Å²) < 4.78 is 9.42. The van der Waals surface area contributed by atoms with Crippen LogP contribution in [-0.4, -0.2) is 40.2 Å². The second-order valence-corrected chi connectivity index (χ2v) is 4.19. The molecule has 0 aliphatic carbocycles. The van der Waals surface area contributed by atoms with Crippen molar-refractivity contribution in [1.82, 2.24) is 0 Å². The summed E-state index contributed by atoms with van der Waals surface area (Å²) in [5.74, 6) is -4.24. The van der Waals surface area contributed by atoms with Gasteiger partial charge in [-0.25, -0.2) is 9.59 Å². The molecule has 1 unspecified atom stereocenters. The van der Waals surface area contributed by atoms with Gasteiger partial charge < -0.3 is 19.7 Å². The molecule has 0 aromatic rings. The quantitative estimate of drug-likeness (QED) is 0.367. The Balaban J connectivity index is 4.28. The van der Waals surface area contributed by atoms with Gasteiger partial charge in [-0.1, -0.05) is 13.2 Å². The van der Waals surface area contributed by atoms with Crippen molar-refractivity contribution in [3.05, 3.63) is 36.6 Å². The van der Waals surface area contributed by atoms with Gasteiger partial charge in [-0.3, -0.25) is 9.59 Å². The lowest BCUT2D eigenvalue weighted by atomic mass is 10.2. The summed E-state index contributed by atoms with van der Waals surface area (Å²) in [6.07, 6.45) is 0.231. The third kappa shape index (κ3) is 8.31. The second kappa shape index (κ2) is 9.11. The number of esters is 2. The predicted molar refractivity (Wildman–Crippen MR) is 73.6 cm³/mol. The van der Waals surface area contributed by atoms with E-state index in [0.29, 0.717) is 0 Å². The van der Waals surface area contributed by atoms with E-state index in [-0.39, 0.29) is 11.1 Å². The van der Waals surface area contributed by atoms with Gasteiger partial charge in [0.15, 0.2) is 0 Å². The van der Waals surface area contributed by atoms with Crippen molar-refractivity contribution in [2.24, 2.45) is 0 Å². The average molecular weight is 312 g/mol. The summed E-state index contributed by atoms with van der Waals surface area (Å²) in [5.41, 5.74) is -0.462. The molecule has 0 bridgehead atoms. The Morgan fingerprint density at radius 2 is 1.45 bits per heavy atom. The van der Waals surface area contributed by atoms with E-state index in [4.69, 9.17) is 14.9 Å². The first-order valence-corrected chi connectivity index (χ1v) is 6.01. The Kier molecular flexibility index (Phi) is 7.91. The van der Waals surface area contributed by atoms with Gasteiger partial charge in [0.05, 0.1) is 19.1 Å². The van der Waals surface area contributed by atoms with Crippen molar-refractivity contribution in [2.75, 3.05) is 0 Å². The molecule has 0 rings (SSSR count). The van der Waals surface area contributed by atoms with Crippen LogP contribution >= 0.6 is 0 Å². The van der Waals surface area contributed by atoms with Crippen LogP contribution in [0.25, 0.3) is 0 Å². The minimum atomic E-state index is -1.22. The highest BCUT2D eigenvalue weighted by molar-refractivity contribution is 5.93. The van der Waals surface area contributed by atoms with Crippen LogP contribution in [0.4, 0.5) is 0 Å². The van der Waals surface area contributed by atoms with Gasteiger partial charge in [-0.05, 0) is 13.0 Å². The molecule has 8 heteroatoms. The van der Waals surface area contributed by atoms with Crippen molar-refractivity contribution >= 4 is 23.9 Å². The molecule has 0 aliphatic rings. The Labute approximate surface area is 126 Å². The molecule has 0 fully saturated rings. The zero-order valence-corrected chi connectivity index (χ0v) is 11.9. The first kappa shape index (κ1) is 19.1. The highest BCUT2D eigenvalue weighted by atomic mass is 16.5. The largest absolute Gasteiger partial charge is 0.481 e. The minimum absolute atomic E-state index is 0.223. The molecule has 0 spiro atoms. The van der Waals surface area contributed by atoms with Crippen molar-refractivity contribution in [3.63, 3.8) is 0 Å². The molecular weight excluding hydrogens is 296 g/mol. The molecule has 0 amide bonds. The van der Waals surface area contributed by atoms with Crippen LogP contribution in [0.5, 0.6) is 0 Å². The van der Waals surface area contributed by atoms with Crippen molar-refractivity contribution in [3.8, 4) is 0 Å². The highest BCUT2D eigenvalue weighted by Gasteiger charge is 2.15. The van der Waals surface area contributed by atoms with Gasteiger partial charge in [-0.2, -0.15) is 0 Å². The molecule has 0 aliphatic heterocycles. The standard InChI is InChI=1S/C14H16O8/c1-8(6-11(15)16)13(19)21-5-4-10(3)22-14(20)9(2)7-12(17)18/h4-5,10H,1-2,6-7H2,3H3,(H,15,16)(H,17,18). The van der Waals surface area contributed by atoms with Gasteiger partial charge in [0.1, 0.15) is 6.10 Å². The molecule has 22 heavy (non-hydrogen) atoms. The molecule has 0 radical (unpaired) electrons. The SMILES string of the molecule is C=C(CC(=O)O)C(=O)OC=CC(C)OC(=O)C(=C)CC(=O)O. The fourth-order valence-corrected chi connectivity index (χ4v) is 1.10. The summed E-state index contributed by atoms with van der Waals surface area (Å²) >= 11 is 0. The number of carboxylic acids is 2. The number of aliphatic carboxylic acids is 2. The number of carboxylic acid groups (broad SMARTS) is 2. The fourth-order valence-electron chi connectivity index (χ4n) is 1.10. The Morgan fingerprint density at radius 1 is 1.00 bits per heavy atom. The molecule has 1 atom stereocenters. The third-order valence-electron chi connectivity index (χ3n) is 2.12. The van der Waals surface area contributed by atoms with Crippen molar-refractivity contribution in [2.45, 2.75) is 25.9 Å². The lowest BCUT2D eigenvalue weighted by Gasteiger charge is -2.09. The lowest BCUT2D eigenvalue weighted by Crippen LogP contribution is -2.16. The van der Waals surface area contributed by atoms with Crippen LogP contribution < -0.4 is 0 Å². The summed E-state index contributed by atoms with van der Waals surface area (Å²) in [6.45, 7) is 7.97. The Hall–Kier alpha value is -2.90. The molecule has 120 valence electrons. The monoisotopic (exact) mass is 312 g/mol. The smallest absolute Gasteiger partial charge is 0.338 e. The maximum atomic E-state index is 11.4. The van der Waals surface area contributed by atoms with E-state index in [0.717, 1.165) is 6.26 Å². The van der Waals surface area contributed by atoms with Gasteiger partial charge in [-0.15, -0.1) is 0 Å². The summed E-state index contributed by atoms with van der Waals surface area (Å²) in [5, 5.41) is 17.0. The van der Waals surface area contributed by atoms with Crippen LogP contribution in [0.2, 0.25) is 0 Å². The summed E-state index contributed by atoms with van der Waals surface area (Å²) in [6, 6.07) is 0. The van der Waals surface area contributed by atoms with Crippen LogP contribution in [0.1, 0.15) is 19.8 Å². The number of hydrogen-bond acceptors (Lipinski definition) is 6. The maximum absolute atomic E-state index is 11.4. The fraction of sp³-hybridized carbons (Fsp3) is 0.286. The van der Waals surface area contributed by atoms with Gasteiger partial charge in [0.25, 0.3) is 0 Å². The number of ether oxygens (including phenoxy) is 2. The van der Waals surface area contributed by atoms with Crippen LogP contribution in [-0.2, 0) is 28.7 Å². The van der Waals surface area contributed by atoms with E-state index in [1.807, 2.05) is 0 Å². The normalized spacial score (nSPS) is 11.5. The van der Waals surface area contributed by atoms with E-state index in [2.05, 4.69) is 17.9 Å². The number of hydrogen-bond donors (Lipinski definition) is 2. The van der Waals surface area contributed by atoms with E-state index in [9.17, 15) is 19.2 Å². The number of carbonyl (C=O) groups is 4. The molecule has 0 aromatic carbocycles. The van der Waals surface area contributed by atoms with Crippen molar-refractivity contribution in [1.29, 1.82) is 0 Å². The van der Waals surface area contributed by atoms with Crippen LogP contribution in [0, 0.1) is 0 Å². The van der Waals surface area contributed by atoms with E-state index in [1.54, 1.807) is 0 Å². The molecule has 0 aromatic heterocycles. The molecule has 2 N–H and O–H groups in total. The zero-order valence-electron chi connectivity index (χ0n) is 11.9. The molecular formula is C14H16O8. The van der Waals surface area contributed by atoms with Gasteiger partial charge >= 0.3 is 23.9 Å². The first-order valence-electron chi connectivity index (χ1n) is 6.01. The summed E-state index contributed by atoms with van der Waals surface area (Å²) in [7, 11) is 0. The molecule has 0 saturated heterocycles. The van der Waals surface area contributed by atoms with Gasteiger partial charge in [0.2, 0.25) is 0 Å². The van der Waals surface area contributed by atoms with E-state index < -0.39 is 42.8 Å². The lowest BCUT2D eigenvalue weighted by molar-refractivity contribution is -0.144. The highest BCUT2D eigenvalue weighted by Crippen LogP contribution is 2.06. The maximum Gasteiger partial charge on any atom is 0.338 e. The number of carbonyl (C=O) groups excluding carboxylic acids is 2. The van der Waals surface area contributed by atoms with Crippen LogP contribution in [0.3, 0.4) is 0 Å².